The van der Waals surface area contributed by atoms with Crippen molar-refractivity contribution in [2.24, 2.45) is 5.92 Å². The number of ether oxygens (including phenoxy) is 5. The maximum Gasteiger partial charge on any atom is 0.407 e. The minimum Gasteiger partial charge on any atom is -0.443 e. The molecule has 9 heteroatoms. The maximum absolute atomic E-state index is 12.8. The predicted molar refractivity (Wildman–Crippen MR) is 165 cm³/mol. The van der Waals surface area contributed by atoms with Gasteiger partial charge in [0.15, 0.2) is 0 Å². The molecule has 1 saturated carbocycles. The monoisotopic (exact) mass is 666 g/mol. The van der Waals surface area contributed by atoms with Gasteiger partial charge < -0.3 is 34.3 Å². The van der Waals surface area contributed by atoms with Crippen molar-refractivity contribution in [1.29, 1.82) is 0 Å². The van der Waals surface area contributed by atoms with E-state index in [2.05, 4.69) is 73.2 Å². The van der Waals surface area contributed by atoms with Crippen molar-refractivity contribution in [2.75, 3.05) is 38.8 Å². The Morgan fingerprint density at radius 3 is 2.58 bits per heavy atom. The molecule has 4 rings (SSSR count). The Morgan fingerprint density at radius 2 is 1.95 bits per heavy atom. The molecule has 220 valence electrons. The van der Waals surface area contributed by atoms with Gasteiger partial charge in [0.05, 0.1) is 31.8 Å². The zero-order valence-electron chi connectivity index (χ0n) is 24.1. The summed E-state index contributed by atoms with van der Waals surface area (Å²) < 4.78 is 30.6. The van der Waals surface area contributed by atoms with Crippen LogP contribution in [0.25, 0.3) is 0 Å². The number of carbonyl (C=O) groups is 1. The molecule has 40 heavy (non-hydrogen) atoms. The molecular weight excluding hydrogens is 623 g/mol. The number of allylic oxidation sites excluding steroid dienone is 1. The Labute approximate surface area is 252 Å². The lowest BCUT2D eigenvalue weighted by Gasteiger charge is -2.42. The summed E-state index contributed by atoms with van der Waals surface area (Å²) in [5, 5.41) is 6.15. The van der Waals surface area contributed by atoms with Crippen LogP contribution in [0.2, 0.25) is 0 Å². The van der Waals surface area contributed by atoms with E-state index in [9.17, 15) is 4.79 Å². The molecule has 0 bridgehead atoms. The first-order valence-corrected chi connectivity index (χ1v) is 15.0. The van der Waals surface area contributed by atoms with Gasteiger partial charge in [0, 0.05) is 28.6 Å². The largest absolute Gasteiger partial charge is 0.443 e. The molecule has 1 aliphatic carbocycles. The average molecular weight is 667 g/mol. The first-order chi connectivity index (χ1) is 19.1. The number of alkyl carbamates (subject to hydrolysis) is 1. The Kier molecular flexibility index (Phi) is 10.4. The van der Waals surface area contributed by atoms with Crippen molar-refractivity contribution >= 4 is 34.4 Å². The summed E-state index contributed by atoms with van der Waals surface area (Å²) in [6.07, 6.45) is 4.35. The third kappa shape index (κ3) is 7.88. The number of hydrogen-bond acceptors (Lipinski definition) is 7. The minimum absolute atomic E-state index is 0.00706. The van der Waals surface area contributed by atoms with Crippen molar-refractivity contribution in [2.45, 2.75) is 76.0 Å². The van der Waals surface area contributed by atoms with E-state index in [-0.39, 0.29) is 35.4 Å². The first-order valence-electron chi connectivity index (χ1n) is 13.9. The van der Waals surface area contributed by atoms with E-state index in [1.54, 1.807) is 7.11 Å². The number of epoxide rings is 2. The molecule has 3 aliphatic rings. The Bertz CT molecular complexity index is 1100. The third-order valence-electron chi connectivity index (χ3n) is 7.99. The van der Waals surface area contributed by atoms with Crippen LogP contribution in [0.3, 0.4) is 0 Å². The van der Waals surface area contributed by atoms with E-state index in [4.69, 9.17) is 23.7 Å². The molecule has 3 fully saturated rings. The smallest absolute Gasteiger partial charge is 0.407 e. The molecule has 1 aromatic carbocycles. The van der Waals surface area contributed by atoms with Crippen molar-refractivity contribution < 1.29 is 28.5 Å². The number of benzene rings is 1. The van der Waals surface area contributed by atoms with Gasteiger partial charge in [-0.15, -0.1) is 0 Å². The topological polar surface area (TPSA) is 93.9 Å². The second-order valence-electron chi connectivity index (χ2n) is 11.4. The van der Waals surface area contributed by atoms with Crippen LogP contribution in [0.4, 0.5) is 10.5 Å². The van der Waals surface area contributed by atoms with Crippen molar-refractivity contribution in [3.05, 3.63) is 63.9 Å². The van der Waals surface area contributed by atoms with Crippen molar-refractivity contribution in [3.8, 4) is 0 Å². The quantitative estimate of drug-likeness (QED) is 0.145. The lowest BCUT2D eigenvalue weighted by atomic mass is 9.68. The molecule has 2 N–H and O–H groups in total. The van der Waals surface area contributed by atoms with Gasteiger partial charge in [-0.3, -0.25) is 0 Å². The number of hydrogen-bond donors (Lipinski definition) is 2. The molecule has 0 radical (unpaired) electrons. The zero-order valence-corrected chi connectivity index (χ0v) is 26.3. The predicted octanol–water partition coefficient (Wildman–Crippen LogP) is 5.92. The third-order valence-corrected chi connectivity index (χ3v) is 8.30. The number of nitrogens with one attached hydrogen (secondary N) is 2. The van der Waals surface area contributed by atoms with Gasteiger partial charge in [0.2, 0.25) is 0 Å². The molecule has 6 atom stereocenters. The lowest BCUT2D eigenvalue weighted by molar-refractivity contribution is -0.118. The van der Waals surface area contributed by atoms with E-state index in [0.29, 0.717) is 39.2 Å². The van der Waals surface area contributed by atoms with Gasteiger partial charge in [-0.1, -0.05) is 36.9 Å². The van der Waals surface area contributed by atoms with Crippen LogP contribution in [0, 0.1) is 5.92 Å². The molecule has 1 unspecified atom stereocenters. The summed E-state index contributed by atoms with van der Waals surface area (Å²) in [5.41, 5.74) is 3.50. The molecule has 8 nitrogen and oxygen atoms in total. The van der Waals surface area contributed by atoms with E-state index in [1.165, 1.54) is 5.57 Å². The van der Waals surface area contributed by atoms with E-state index >= 15 is 0 Å². The molecular formula is C31H43IN2O6. The number of carbonyl (C=O) groups excluding carboxylic acids is 1. The molecule has 2 saturated heterocycles. The van der Waals surface area contributed by atoms with Gasteiger partial charge in [0.1, 0.15) is 23.4 Å². The number of amides is 1. The Morgan fingerprint density at radius 1 is 1.23 bits per heavy atom. The summed E-state index contributed by atoms with van der Waals surface area (Å²) in [6, 6.07) is 8.03. The fourth-order valence-corrected chi connectivity index (χ4v) is 6.06. The van der Waals surface area contributed by atoms with Crippen LogP contribution in [0.5, 0.6) is 0 Å². The number of rotatable bonds is 14. The molecule has 2 aliphatic heterocycles. The van der Waals surface area contributed by atoms with Crippen LogP contribution in [0.15, 0.2) is 58.3 Å². The molecule has 1 aromatic rings. The van der Waals surface area contributed by atoms with Gasteiger partial charge in [-0.25, -0.2) is 4.79 Å². The van der Waals surface area contributed by atoms with Crippen LogP contribution < -0.4 is 10.6 Å². The van der Waals surface area contributed by atoms with E-state index in [1.807, 2.05) is 24.3 Å². The highest BCUT2D eigenvalue weighted by Crippen LogP contribution is 2.59. The van der Waals surface area contributed by atoms with Crippen molar-refractivity contribution in [1.82, 2.24) is 5.32 Å². The summed E-state index contributed by atoms with van der Waals surface area (Å²) in [6.45, 7) is 16.2. The van der Waals surface area contributed by atoms with E-state index in [0.717, 1.165) is 33.4 Å². The van der Waals surface area contributed by atoms with Crippen LogP contribution in [0.1, 0.15) is 45.6 Å². The highest BCUT2D eigenvalue weighted by Gasteiger charge is 2.72. The fraction of sp³-hybridized carbons (Fsp3) is 0.581. The van der Waals surface area contributed by atoms with Crippen LogP contribution in [-0.2, 0) is 30.1 Å². The van der Waals surface area contributed by atoms with Crippen molar-refractivity contribution in [3.63, 3.8) is 0 Å². The fourth-order valence-electron chi connectivity index (χ4n) is 5.84. The SMILES string of the molecule is C=C(I)COCC(=C)Nc1ccc(CCNC(=O)O[C@@H]2CC[C@]3(CO3)[C@@H](C3(C)O[C@@H]3CC=C(C)C)[C@@H]2OC)cc1. The summed E-state index contributed by atoms with van der Waals surface area (Å²) in [4.78, 5) is 12.8. The van der Waals surface area contributed by atoms with Gasteiger partial charge >= 0.3 is 6.09 Å². The highest BCUT2D eigenvalue weighted by atomic mass is 127. The molecule has 0 aromatic heterocycles. The molecule has 2 heterocycles. The average Bonchev–Trinajstić information content (AvgIpc) is 3.81. The van der Waals surface area contributed by atoms with E-state index < -0.39 is 6.09 Å². The summed E-state index contributed by atoms with van der Waals surface area (Å²) in [7, 11) is 1.69. The maximum atomic E-state index is 12.8. The number of halogens is 1. The summed E-state index contributed by atoms with van der Waals surface area (Å²) in [5.74, 6) is 0.00706. The normalized spacial score (nSPS) is 30.3. The zero-order chi connectivity index (χ0) is 28.9. The van der Waals surface area contributed by atoms with Crippen LogP contribution >= 0.6 is 22.6 Å². The van der Waals surface area contributed by atoms with Gasteiger partial charge in [-0.2, -0.15) is 0 Å². The number of anilines is 1. The molecule has 1 spiro atoms. The standard InChI is InChI=1S/C31H43IN2O6/c1-20(2)7-12-26-30(5,40-26)28-27(36-6)25(13-15-31(28)19-38-31)39-29(35)33-16-14-23-8-10-24(11-9-23)34-22(4)18-37-17-21(3)32/h7-11,25-28,34H,3-4,12-19H2,1-2,5-6H3,(H,33,35)/t25-,26-,27-,28-,30?,31+/m1/s1. The Balaban J connectivity index is 1.24. The van der Waals surface area contributed by atoms with Gasteiger partial charge in [0.25, 0.3) is 0 Å². The van der Waals surface area contributed by atoms with Gasteiger partial charge in [-0.05, 0) is 86.7 Å². The molecule has 1 amide bonds. The second-order valence-corrected chi connectivity index (χ2v) is 13.0. The Hall–Kier alpha value is -1.92. The lowest BCUT2D eigenvalue weighted by Crippen LogP contribution is -2.56. The minimum atomic E-state index is -0.426. The first kappa shape index (κ1) is 31.0. The highest BCUT2D eigenvalue weighted by molar-refractivity contribution is 14.1. The van der Waals surface area contributed by atoms with Crippen LogP contribution in [-0.4, -0.2) is 69.1 Å². The number of methoxy groups -OCH3 is 1. The summed E-state index contributed by atoms with van der Waals surface area (Å²) >= 11 is 2.14. The second kappa shape index (κ2) is 13.4.